The van der Waals surface area contributed by atoms with E-state index in [-0.39, 0.29) is 35.0 Å². The normalized spacial score (nSPS) is 22.2. The van der Waals surface area contributed by atoms with Crippen LogP contribution < -0.4 is 5.73 Å². The van der Waals surface area contributed by atoms with Crippen LogP contribution in [0.5, 0.6) is 0 Å². The quantitative estimate of drug-likeness (QED) is 0.535. The molecule has 0 aliphatic carbocycles. The number of tetrazole rings is 1. The first kappa shape index (κ1) is 26.7. The number of aryl methyl sites for hydroxylation is 1. The van der Waals surface area contributed by atoms with E-state index in [1.165, 1.54) is 6.07 Å². The molecule has 33 heavy (non-hydrogen) atoms. The van der Waals surface area contributed by atoms with Crippen LogP contribution in [0.3, 0.4) is 0 Å². The number of nitrogens with zero attached hydrogens (tertiary/aromatic N) is 7. The first-order chi connectivity index (χ1) is 14.4. The van der Waals surface area contributed by atoms with Crippen molar-refractivity contribution in [1.82, 2.24) is 34.7 Å². The Hall–Kier alpha value is -2.55. The third kappa shape index (κ3) is 4.60. The molecule has 2 aliphatic heterocycles. The maximum Gasteiger partial charge on any atom is 0.217 e. The molecule has 0 spiro atoms. The molecule has 1 aromatic carbocycles. The van der Waals surface area contributed by atoms with Gasteiger partial charge in [-0.15, -0.1) is 17.5 Å². The van der Waals surface area contributed by atoms with Crippen molar-refractivity contribution >= 4 is 12.4 Å². The Bertz CT molecular complexity index is 1110. The third-order valence-corrected chi connectivity index (χ3v) is 6.00. The summed E-state index contributed by atoms with van der Waals surface area (Å²) < 4.78 is 37.2. The van der Waals surface area contributed by atoms with Gasteiger partial charge in [0.15, 0.2) is 5.82 Å². The predicted octanol–water partition coefficient (Wildman–Crippen LogP) is -0.166. The average Bonchev–Trinajstić information content (AvgIpc) is 3.40. The molecule has 0 bridgehead atoms. The van der Waals surface area contributed by atoms with Gasteiger partial charge in [-0.05, 0) is 35.0 Å². The van der Waals surface area contributed by atoms with E-state index in [4.69, 9.17) is 15.5 Å². The molecule has 0 radical (unpaired) electrons. The first-order valence-corrected chi connectivity index (χ1v) is 9.75. The van der Waals surface area contributed by atoms with E-state index in [1.807, 2.05) is 11.6 Å². The number of aromatic nitrogens is 6. The molecular weight excluding hydrogens is 462 g/mol. The number of ether oxygens (including phenoxy) is 1. The summed E-state index contributed by atoms with van der Waals surface area (Å²) in [7, 11) is 3.73. The first-order valence-electron chi connectivity index (χ1n) is 9.75. The van der Waals surface area contributed by atoms with Crippen molar-refractivity contribution in [2.24, 2.45) is 19.8 Å². The highest BCUT2D eigenvalue weighted by Crippen LogP contribution is 2.35. The molecule has 3 atom stereocenters. The fourth-order valence-electron chi connectivity index (χ4n) is 4.38. The topological polar surface area (TPSA) is 163 Å². The van der Waals surface area contributed by atoms with Crippen LogP contribution in [0.25, 0.3) is 11.6 Å². The van der Waals surface area contributed by atoms with Crippen LogP contribution >= 0.6 is 12.4 Å². The summed E-state index contributed by atoms with van der Waals surface area (Å²) in [4.78, 5) is 6.99. The van der Waals surface area contributed by atoms with Crippen molar-refractivity contribution in [2.45, 2.75) is 37.7 Å². The summed E-state index contributed by atoms with van der Waals surface area (Å²) in [5.74, 6) is 0.338. The van der Waals surface area contributed by atoms with E-state index < -0.39 is 23.8 Å². The lowest BCUT2D eigenvalue weighted by atomic mass is 9.93. The Labute approximate surface area is 194 Å². The molecule has 5 rings (SSSR count). The molecule has 0 amide bonds. The Morgan fingerprint density at radius 2 is 1.88 bits per heavy atom. The van der Waals surface area contributed by atoms with Gasteiger partial charge < -0.3 is 26.0 Å². The number of rotatable bonds is 3. The molecule has 6 N–H and O–H groups in total. The zero-order valence-electron chi connectivity index (χ0n) is 18.1. The van der Waals surface area contributed by atoms with Gasteiger partial charge in [0.2, 0.25) is 5.82 Å². The second kappa shape index (κ2) is 10.2. The lowest BCUT2D eigenvalue weighted by Crippen LogP contribution is -2.47. The van der Waals surface area contributed by atoms with E-state index in [0.29, 0.717) is 31.9 Å². The number of hydrogen-bond acceptors (Lipinski definition) is 7. The zero-order valence-corrected chi connectivity index (χ0v) is 18.9. The van der Waals surface area contributed by atoms with E-state index in [9.17, 15) is 8.78 Å². The van der Waals surface area contributed by atoms with Gasteiger partial charge in [0, 0.05) is 44.8 Å². The van der Waals surface area contributed by atoms with Gasteiger partial charge in [-0.1, -0.05) is 0 Å². The third-order valence-electron chi connectivity index (χ3n) is 6.00. The monoisotopic (exact) mass is 488 g/mol. The van der Waals surface area contributed by atoms with Gasteiger partial charge in [0.05, 0.1) is 18.0 Å². The van der Waals surface area contributed by atoms with E-state index in [1.54, 1.807) is 11.7 Å². The largest absolute Gasteiger partial charge is 0.412 e. The summed E-state index contributed by atoms with van der Waals surface area (Å²) in [5, 5.41) is 11.6. The second-order valence-electron chi connectivity index (χ2n) is 7.89. The molecule has 0 unspecified atom stereocenters. The Morgan fingerprint density at radius 1 is 1.12 bits per heavy atom. The summed E-state index contributed by atoms with van der Waals surface area (Å²) in [6.45, 7) is 1.75. The Balaban J connectivity index is 0.00000128. The highest BCUT2D eigenvalue weighted by Gasteiger charge is 2.38. The van der Waals surface area contributed by atoms with Crippen molar-refractivity contribution in [3.8, 4) is 11.6 Å². The van der Waals surface area contributed by atoms with Crippen LogP contribution in [0, 0.1) is 11.6 Å². The predicted molar refractivity (Wildman–Crippen MR) is 116 cm³/mol. The van der Waals surface area contributed by atoms with E-state index in [0.717, 1.165) is 29.3 Å². The zero-order chi connectivity index (χ0) is 21.0. The molecule has 0 saturated carbocycles. The Morgan fingerprint density at radius 3 is 2.52 bits per heavy atom. The Kier molecular flexibility index (Phi) is 8.22. The van der Waals surface area contributed by atoms with Crippen molar-refractivity contribution < 1.29 is 24.5 Å². The van der Waals surface area contributed by atoms with Gasteiger partial charge >= 0.3 is 0 Å². The number of hydrogen-bond donors (Lipinski definition) is 1. The number of benzene rings is 1. The molecule has 2 aliphatic rings. The molecule has 14 heteroatoms. The van der Waals surface area contributed by atoms with Crippen molar-refractivity contribution in [1.29, 1.82) is 0 Å². The van der Waals surface area contributed by atoms with Crippen LogP contribution in [0.4, 0.5) is 8.78 Å². The maximum absolute atomic E-state index is 14.2. The lowest BCUT2D eigenvalue weighted by molar-refractivity contribution is -0.0534. The van der Waals surface area contributed by atoms with Gasteiger partial charge in [-0.2, -0.15) is 0 Å². The SMILES string of the molecule is Cl.Cn1nnnc1-c1nc2c(n1C)CN([C@H]1CO[C@H](c3cc(F)ccc3F)[C@@H](N)C1)C2.O.O. The van der Waals surface area contributed by atoms with Crippen LogP contribution in [-0.4, -0.2) is 64.3 Å². The minimum Gasteiger partial charge on any atom is -0.412 e. The van der Waals surface area contributed by atoms with Crippen LogP contribution in [0.1, 0.15) is 29.5 Å². The fraction of sp³-hybridized carbons (Fsp3) is 0.474. The highest BCUT2D eigenvalue weighted by atomic mass is 35.5. The van der Waals surface area contributed by atoms with Gasteiger partial charge in [-0.3, -0.25) is 4.90 Å². The molecule has 182 valence electrons. The number of nitrogens with two attached hydrogens (primary N) is 1. The summed E-state index contributed by atoms with van der Waals surface area (Å²) in [5.41, 5.74) is 8.56. The van der Waals surface area contributed by atoms with Crippen LogP contribution in [0.2, 0.25) is 0 Å². The summed E-state index contributed by atoms with van der Waals surface area (Å²) in [6.07, 6.45) is -0.0376. The lowest BCUT2D eigenvalue weighted by Gasteiger charge is -2.38. The summed E-state index contributed by atoms with van der Waals surface area (Å²) >= 11 is 0. The molecule has 1 fully saturated rings. The van der Waals surface area contributed by atoms with Gasteiger partial charge in [-0.25, -0.2) is 18.4 Å². The molecule has 11 nitrogen and oxygen atoms in total. The minimum atomic E-state index is -0.657. The number of imidazole rings is 1. The molecule has 4 heterocycles. The molecule has 2 aromatic heterocycles. The minimum absolute atomic E-state index is 0. The van der Waals surface area contributed by atoms with Crippen molar-refractivity contribution in [2.75, 3.05) is 6.61 Å². The van der Waals surface area contributed by atoms with Crippen molar-refractivity contribution in [3.63, 3.8) is 0 Å². The van der Waals surface area contributed by atoms with Crippen LogP contribution in [-0.2, 0) is 31.9 Å². The fourth-order valence-corrected chi connectivity index (χ4v) is 4.38. The standard InChI is InChI=1S/C19H22F2N8O.ClH.2H2O/c1-27-16-8-29(7-15(16)23-18(27)19-24-25-26-28(19)2)11-6-14(22)17(30-9-11)12-5-10(20)3-4-13(12)21;;;/h3-5,11,14,17H,6-9,22H2,1-2H3;1H;2*1H2/t11-,14+,17-;;;/m1.../s1. The van der Waals surface area contributed by atoms with Crippen molar-refractivity contribution in [3.05, 3.63) is 46.8 Å². The van der Waals surface area contributed by atoms with E-state index >= 15 is 0 Å². The average molecular weight is 489 g/mol. The van der Waals surface area contributed by atoms with Gasteiger partial charge in [0.1, 0.15) is 17.7 Å². The number of halogens is 3. The maximum atomic E-state index is 14.2. The second-order valence-corrected chi connectivity index (χ2v) is 7.89. The molecule has 1 saturated heterocycles. The van der Waals surface area contributed by atoms with Gasteiger partial charge in [0.25, 0.3) is 0 Å². The van der Waals surface area contributed by atoms with Crippen LogP contribution in [0.15, 0.2) is 18.2 Å². The molecular formula is C19H27ClF2N8O3. The number of fused-ring (bicyclic) bond motifs is 1. The molecule has 3 aromatic rings. The highest BCUT2D eigenvalue weighted by molar-refractivity contribution is 5.85. The smallest absolute Gasteiger partial charge is 0.217 e. The summed E-state index contributed by atoms with van der Waals surface area (Å²) in [6, 6.07) is 3.01. The van der Waals surface area contributed by atoms with E-state index in [2.05, 4.69) is 20.4 Å².